The smallest absolute Gasteiger partial charge is 0.252 e. The number of benzene rings is 13. The first kappa shape index (κ1) is 53.2. The average Bonchev–Trinajstić information content (AvgIpc) is 1.53. The third-order valence-corrected chi connectivity index (χ3v) is 20.7. The molecule has 0 radical (unpaired) electrons. The minimum Gasteiger partial charge on any atom is -0.311 e. The number of fused-ring (bicyclic) bond motifs is 10. The Morgan fingerprint density at radius 2 is 0.737 bits per heavy atom. The SMILES string of the molecule is [2H]c1c([2H])c([2H])c2c(c1[2H])c1c([2H])c([2H])c([2H])c([2H])c1n2-c1ccc2c(c1)N(c1cc(-c3ccccc3)cc3c1c1ccccc1n3-c1ccccc1)c1cc(C(C)(C)C)cc3c1B2c1ccc(-c2cc(C(C)(C)C)cc(C(C)(C)C)c2)cc1N3c1c(-c2ccccc2)cc(C(C)(C)C)cc1-c1ccccc1. The number of para-hydroxylation sites is 4. The van der Waals surface area contributed by atoms with Crippen LogP contribution >= 0.6 is 0 Å². The summed E-state index contributed by atoms with van der Waals surface area (Å²) in [5.74, 6) is 0. The van der Waals surface area contributed by atoms with Crippen LogP contribution in [-0.4, -0.2) is 15.8 Å². The van der Waals surface area contributed by atoms with Crippen molar-refractivity contribution in [1.29, 1.82) is 0 Å². The van der Waals surface area contributed by atoms with Gasteiger partial charge in [0.25, 0.3) is 6.71 Å². The molecule has 0 fully saturated rings. The molecular formula is C94H83BN4. The van der Waals surface area contributed by atoms with Gasteiger partial charge in [0.1, 0.15) is 0 Å². The molecule has 0 atom stereocenters. The summed E-state index contributed by atoms with van der Waals surface area (Å²) in [6.07, 6.45) is 0. The maximum Gasteiger partial charge on any atom is 0.252 e. The molecule has 0 saturated carbocycles. The van der Waals surface area contributed by atoms with E-state index in [1.807, 2.05) is 12.1 Å². The summed E-state index contributed by atoms with van der Waals surface area (Å²) < 4.78 is 79.6. The van der Waals surface area contributed by atoms with Crippen LogP contribution in [0.2, 0.25) is 0 Å². The van der Waals surface area contributed by atoms with Crippen molar-refractivity contribution in [1.82, 2.24) is 9.13 Å². The molecule has 0 saturated heterocycles. The van der Waals surface area contributed by atoms with Gasteiger partial charge in [0, 0.05) is 66.8 Å². The van der Waals surface area contributed by atoms with Gasteiger partial charge in [0.05, 0.1) is 44.4 Å². The lowest BCUT2D eigenvalue weighted by molar-refractivity contribution is 0.569. The van der Waals surface area contributed by atoms with E-state index in [2.05, 4.69) is 322 Å². The van der Waals surface area contributed by atoms with Crippen molar-refractivity contribution in [3.8, 4) is 55.9 Å². The molecule has 482 valence electrons. The number of anilines is 6. The van der Waals surface area contributed by atoms with E-state index in [4.69, 9.17) is 2.74 Å². The highest BCUT2D eigenvalue weighted by molar-refractivity contribution is 7.00. The quantitative estimate of drug-likeness (QED) is 0.141. The second-order valence-electron chi connectivity index (χ2n) is 31.2. The summed E-state index contributed by atoms with van der Waals surface area (Å²) in [6.45, 7) is 27.1. The van der Waals surface area contributed by atoms with Crippen LogP contribution in [0.3, 0.4) is 0 Å². The van der Waals surface area contributed by atoms with Crippen molar-refractivity contribution in [3.05, 3.63) is 307 Å². The van der Waals surface area contributed by atoms with Crippen LogP contribution in [0.5, 0.6) is 0 Å². The van der Waals surface area contributed by atoms with E-state index in [9.17, 15) is 8.22 Å². The molecule has 17 rings (SSSR count). The molecular weight excluding hydrogens is 1200 g/mol. The van der Waals surface area contributed by atoms with E-state index in [-0.39, 0.29) is 62.2 Å². The molecule has 0 unspecified atom stereocenters. The Hall–Kier alpha value is -10.9. The summed E-state index contributed by atoms with van der Waals surface area (Å²) in [5, 5.41) is 2.06. The minimum absolute atomic E-state index is 0.0170. The molecule has 0 N–H and O–H groups in total. The Morgan fingerprint density at radius 1 is 0.293 bits per heavy atom. The van der Waals surface area contributed by atoms with Gasteiger partial charge in [-0.3, -0.25) is 0 Å². The van der Waals surface area contributed by atoms with Gasteiger partial charge in [-0.05, 0) is 179 Å². The highest BCUT2D eigenvalue weighted by atomic mass is 15.2. The standard InChI is InChI=1S/C94H83BN4/c1-91(2,3)66-49-64(50-67(54-66)92(4,5)6)63-45-47-77-82(51-63)99(90-75(61-33-19-14-20-34-61)55-68(93(7,8)9)56-76(90)62-35-21-15-22-36-62)87-58-69(94(10,11)12)57-86-89(87)95(77)78-48-46-71(97-79-42-28-25-39-72(79)73-40-26-29-43-80(73)97)59-83(78)98(86)85-53-65(60-31-17-13-18-32-60)52-84-88(85)74-41-27-30-44-81(74)96(84)70-37-23-16-24-38-70/h13-59H,1-12H3/i25D,26D,28D,29D,39D,40D,42D,43D. The molecule has 2 aromatic heterocycles. The van der Waals surface area contributed by atoms with Crippen LogP contribution in [0.15, 0.2) is 285 Å². The zero-order chi connectivity index (χ0) is 75.0. The molecule has 0 amide bonds. The summed E-state index contributed by atoms with van der Waals surface area (Å²) >= 11 is 0. The maximum absolute atomic E-state index is 9.85. The first-order valence-electron chi connectivity index (χ1n) is 38.7. The Bertz CT molecular complexity index is 6040. The lowest BCUT2D eigenvalue weighted by atomic mass is 9.33. The summed E-state index contributed by atoms with van der Waals surface area (Å²) in [5.41, 5.74) is 24.5. The summed E-state index contributed by atoms with van der Waals surface area (Å²) in [6, 6.07) is 83.0. The van der Waals surface area contributed by atoms with Gasteiger partial charge in [0.15, 0.2) is 0 Å². The highest BCUT2D eigenvalue weighted by Gasteiger charge is 2.46. The van der Waals surface area contributed by atoms with Crippen LogP contribution in [0.1, 0.15) is 116 Å². The van der Waals surface area contributed by atoms with Gasteiger partial charge in [0.2, 0.25) is 0 Å². The Balaban J connectivity index is 1.09. The molecule has 13 aromatic carbocycles. The monoisotopic (exact) mass is 1290 g/mol. The number of hydrogen-bond acceptors (Lipinski definition) is 2. The minimum atomic E-state index is -0.494. The molecule has 2 aliphatic rings. The van der Waals surface area contributed by atoms with Gasteiger partial charge in [-0.1, -0.05) is 283 Å². The number of hydrogen-bond donors (Lipinski definition) is 0. The summed E-state index contributed by atoms with van der Waals surface area (Å²) in [4.78, 5) is 5.08. The fourth-order valence-electron chi connectivity index (χ4n) is 15.5. The topological polar surface area (TPSA) is 16.3 Å². The van der Waals surface area contributed by atoms with Gasteiger partial charge in [-0.15, -0.1) is 0 Å². The molecule has 0 bridgehead atoms. The zero-order valence-corrected chi connectivity index (χ0v) is 58.4. The second-order valence-corrected chi connectivity index (χ2v) is 31.2. The first-order valence-corrected chi connectivity index (χ1v) is 34.7. The lowest BCUT2D eigenvalue weighted by Crippen LogP contribution is -2.61. The Labute approximate surface area is 595 Å². The molecule has 15 aromatic rings. The van der Waals surface area contributed by atoms with E-state index in [0.717, 1.165) is 128 Å². The predicted molar refractivity (Wildman–Crippen MR) is 426 cm³/mol. The van der Waals surface area contributed by atoms with Crippen molar-refractivity contribution < 1.29 is 11.0 Å². The normalized spacial score (nSPS) is 14.3. The largest absolute Gasteiger partial charge is 0.311 e. The molecule has 0 spiro atoms. The van der Waals surface area contributed by atoms with Crippen molar-refractivity contribution in [3.63, 3.8) is 0 Å². The van der Waals surface area contributed by atoms with E-state index in [1.165, 1.54) is 16.7 Å². The third kappa shape index (κ3) is 10.3. The van der Waals surface area contributed by atoms with Gasteiger partial charge >= 0.3 is 0 Å². The molecule has 4 nitrogen and oxygen atoms in total. The van der Waals surface area contributed by atoms with Crippen LogP contribution < -0.4 is 26.2 Å². The van der Waals surface area contributed by atoms with Crippen molar-refractivity contribution in [2.24, 2.45) is 0 Å². The van der Waals surface area contributed by atoms with E-state index >= 15 is 0 Å². The number of aromatic nitrogens is 2. The van der Waals surface area contributed by atoms with Crippen LogP contribution in [0.25, 0.3) is 99.5 Å². The third-order valence-electron chi connectivity index (χ3n) is 20.7. The number of rotatable bonds is 8. The van der Waals surface area contributed by atoms with E-state index < -0.39 is 36.3 Å². The van der Waals surface area contributed by atoms with Gasteiger partial charge in [-0.2, -0.15) is 0 Å². The highest BCUT2D eigenvalue weighted by Crippen LogP contribution is 2.55. The van der Waals surface area contributed by atoms with E-state index in [1.54, 1.807) is 4.57 Å². The summed E-state index contributed by atoms with van der Waals surface area (Å²) in [7, 11) is 0. The lowest BCUT2D eigenvalue weighted by Gasteiger charge is -2.46. The fourth-order valence-corrected chi connectivity index (χ4v) is 15.5. The fraction of sp³-hybridized carbons (Fsp3) is 0.170. The van der Waals surface area contributed by atoms with Crippen molar-refractivity contribution in [2.75, 3.05) is 9.80 Å². The van der Waals surface area contributed by atoms with Crippen LogP contribution in [-0.2, 0) is 21.7 Å². The van der Waals surface area contributed by atoms with Crippen molar-refractivity contribution >= 4 is 101 Å². The molecule has 4 heterocycles. The average molecular weight is 1290 g/mol. The molecule has 5 heteroatoms. The predicted octanol–water partition coefficient (Wildman–Crippen LogP) is 23.8. The second kappa shape index (κ2) is 22.9. The van der Waals surface area contributed by atoms with Gasteiger partial charge < -0.3 is 18.9 Å². The first-order chi connectivity index (χ1) is 51.0. The Morgan fingerprint density at radius 3 is 1.30 bits per heavy atom. The van der Waals surface area contributed by atoms with Gasteiger partial charge in [-0.25, -0.2) is 0 Å². The molecule has 0 aliphatic carbocycles. The molecule has 99 heavy (non-hydrogen) atoms. The Kier molecular flexibility index (Phi) is 12.3. The maximum atomic E-state index is 9.85. The number of nitrogens with zero attached hydrogens (tertiary/aromatic N) is 4. The zero-order valence-electron chi connectivity index (χ0n) is 66.4. The van der Waals surface area contributed by atoms with Crippen LogP contribution in [0.4, 0.5) is 34.1 Å². The molecule has 2 aliphatic heterocycles. The van der Waals surface area contributed by atoms with Crippen molar-refractivity contribution in [2.45, 2.75) is 105 Å². The van der Waals surface area contributed by atoms with Crippen LogP contribution in [0, 0.1) is 0 Å². The van der Waals surface area contributed by atoms with E-state index in [0.29, 0.717) is 5.69 Å².